The van der Waals surface area contributed by atoms with Crippen molar-refractivity contribution in [2.75, 3.05) is 5.75 Å². The molecule has 0 saturated carbocycles. The average Bonchev–Trinajstić information content (AvgIpc) is 2.36. The van der Waals surface area contributed by atoms with E-state index in [0.717, 1.165) is 18.6 Å². The molecule has 1 N–H and O–H groups in total. The van der Waals surface area contributed by atoms with E-state index < -0.39 is 11.9 Å². The van der Waals surface area contributed by atoms with Gasteiger partial charge in [0.2, 0.25) is 0 Å². The zero-order valence-corrected chi connectivity index (χ0v) is 12.3. The topological polar surface area (TPSA) is 20.2 Å². The number of halogens is 3. The molecule has 1 nitrogen and oxygen atoms in total. The van der Waals surface area contributed by atoms with E-state index in [9.17, 15) is 9.50 Å². The molecule has 5 heteroatoms. The summed E-state index contributed by atoms with van der Waals surface area (Å²) in [6, 6.07) is 3.28. The summed E-state index contributed by atoms with van der Waals surface area (Å²) in [7, 11) is 0. The highest BCUT2D eigenvalue weighted by Crippen LogP contribution is 2.38. The van der Waals surface area contributed by atoms with Crippen molar-refractivity contribution < 1.29 is 9.50 Å². The normalized spacial score (nSPS) is 22.5. The van der Waals surface area contributed by atoms with Crippen LogP contribution in [-0.4, -0.2) is 16.1 Å². The summed E-state index contributed by atoms with van der Waals surface area (Å²) in [5, 5.41) is 10.3. The zero-order chi connectivity index (χ0) is 12.4. The highest BCUT2D eigenvalue weighted by molar-refractivity contribution is 9.10. The molecule has 0 aromatic heterocycles. The quantitative estimate of drug-likeness (QED) is 0.797. The molecule has 1 fully saturated rings. The number of hydrogen-bond donors (Lipinski definition) is 1. The first kappa shape index (κ1) is 13.7. The van der Waals surface area contributed by atoms with Crippen LogP contribution in [-0.2, 0) is 0 Å². The first-order valence-electron chi connectivity index (χ1n) is 5.54. The fraction of sp³-hybridized carbons (Fsp3) is 0.500. The van der Waals surface area contributed by atoms with Crippen LogP contribution in [0, 0.1) is 5.82 Å². The van der Waals surface area contributed by atoms with Gasteiger partial charge in [-0.05, 0) is 40.6 Å². The van der Waals surface area contributed by atoms with Crippen molar-refractivity contribution in [3.05, 3.63) is 33.0 Å². The predicted octanol–water partition coefficient (Wildman–Crippen LogP) is 4.56. The monoisotopic (exact) mass is 338 g/mol. The van der Waals surface area contributed by atoms with E-state index in [2.05, 4.69) is 15.9 Å². The molecule has 1 aliphatic heterocycles. The van der Waals surface area contributed by atoms with Gasteiger partial charge in [0.05, 0.1) is 11.1 Å². The molecule has 94 valence electrons. The van der Waals surface area contributed by atoms with Gasteiger partial charge < -0.3 is 5.11 Å². The first-order chi connectivity index (χ1) is 8.11. The van der Waals surface area contributed by atoms with Crippen LogP contribution in [0.1, 0.15) is 30.9 Å². The van der Waals surface area contributed by atoms with Crippen LogP contribution in [0.3, 0.4) is 0 Å². The van der Waals surface area contributed by atoms with Gasteiger partial charge >= 0.3 is 0 Å². The minimum absolute atomic E-state index is 0.0439. The van der Waals surface area contributed by atoms with E-state index in [0.29, 0.717) is 10.0 Å². The Hall–Kier alpha value is 0.230. The second-order valence-electron chi connectivity index (χ2n) is 4.11. The Labute approximate surface area is 118 Å². The molecule has 0 spiro atoms. The molecular weight excluding hydrogens is 327 g/mol. The fourth-order valence-electron chi connectivity index (χ4n) is 1.98. The molecule has 1 aromatic carbocycles. The maximum atomic E-state index is 13.9. The molecule has 0 aliphatic carbocycles. The standard InChI is InChI=1S/C12H13BrClFOS/c13-8-5-4-7(11(15)10(8)14)12(16)9-3-1-2-6-17-9/h4-5,9,12,16H,1-3,6H2. The van der Waals surface area contributed by atoms with Gasteiger partial charge in [-0.3, -0.25) is 0 Å². The van der Waals surface area contributed by atoms with Gasteiger partial charge in [0.15, 0.2) is 0 Å². The van der Waals surface area contributed by atoms with Crippen molar-refractivity contribution in [3.8, 4) is 0 Å². The Bertz CT molecular complexity index is 410. The van der Waals surface area contributed by atoms with Crippen LogP contribution in [0.4, 0.5) is 4.39 Å². The summed E-state index contributed by atoms with van der Waals surface area (Å²) < 4.78 is 14.5. The van der Waals surface area contributed by atoms with Crippen molar-refractivity contribution in [1.82, 2.24) is 0 Å². The van der Waals surface area contributed by atoms with Crippen molar-refractivity contribution >= 4 is 39.3 Å². The second kappa shape index (κ2) is 5.91. The Balaban J connectivity index is 2.24. The molecule has 2 atom stereocenters. The summed E-state index contributed by atoms with van der Waals surface area (Å²) in [6.07, 6.45) is 2.43. The van der Waals surface area contributed by atoms with Crippen molar-refractivity contribution in [3.63, 3.8) is 0 Å². The molecule has 2 rings (SSSR count). The Morgan fingerprint density at radius 3 is 2.88 bits per heavy atom. The number of aliphatic hydroxyl groups is 1. The zero-order valence-electron chi connectivity index (χ0n) is 9.13. The van der Waals surface area contributed by atoms with E-state index in [1.807, 2.05) is 0 Å². The number of thioether (sulfide) groups is 1. The van der Waals surface area contributed by atoms with Gasteiger partial charge in [-0.1, -0.05) is 24.1 Å². The van der Waals surface area contributed by atoms with Crippen LogP contribution >= 0.6 is 39.3 Å². The molecular formula is C12H13BrClFOS. The summed E-state index contributed by atoms with van der Waals surface area (Å²) in [5.74, 6) is 0.521. The van der Waals surface area contributed by atoms with E-state index in [-0.39, 0.29) is 10.3 Å². The Morgan fingerprint density at radius 1 is 1.47 bits per heavy atom. The Kier molecular flexibility index (Phi) is 4.75. The smallest absolute Gasteiger partial charge is 0.148 e. The molecule has 0 radical (unpaired) electrons. The molecule has 1 aliphatic rings. The van der Waals surface area contributed by atoms with E-state index >= 15 is 0 Å². The summed E-state index contributed by atoms with van der Waals surface area (Å²) in [6.45, 7) is 0. The van der Waals surface area contributed by atoms with Crippen LogP contribution < -0.4 is 0 Å². The molecule has 1 aromatic rings. The van der Waals surface area contributed by atoms with E-state index in [1.165, 1.54) is 6.42 Å². The van der Waals surface area contributed by atoms with Crippen molar-refractivity contribution in [1.29, 1.82) is 0 Å². The van der Waals surface area contributed by atoms with Gasteiger partial charge in [-0.25, -0.2) is 4.39 Å². The predicted molar refractivity (Wildman–Crippen MR) is 74.2 cm³/mol. The summed E-state index contributed by atoms with van der Waals surface area (Å²) >= 11 is 10.7. The largest absolute Gasteiger partial charge is 0.387 e. The average molecular weight is 340 g/mol. The summed E-state index contributed by atoms with van der Waals surface area (Å²) in [5.41, 5.74) is 0.303. The second-order valence-corrected chi connectivity index (χ2v) is 6.69. The van der Waals surface area contributed by atoms with Gasteiger partial charge in [-0.15, -0.1) is 0 Å². The molecule has 17 heavy (non-hydrogen) atoms. The van der Waals surface area contributed by atoms with E-state index in [1.54, 1.807) is 23.9 Å². The number of hydrogen-bond acceptors (Lipinski definition) is 2. The van der Waals surface area contributed by atoms with E-state index in [4.69, 9.17) is 11.6 Å². The van der Waals surface area contributed by atoms with Gasteiger partial charge in [0.25, 0.3) is 0 Å². The molecule has 1 heterocycles. The lowest BCUT2D eigenvalue weighted by atomic mass is 10.0. The minimum atomic E-state index is -0.772. The first-order valence-corrected chi connectivity index (χ1v) is 7.76. The lowest BCUT2D eigenvalue weighted by Gasteiger charge is -2.26. The van der Waals surface area contributed by atoms with Crippen LogP contribution in [0.5, 0.6) is 0 Å². The van der Waals surface area contributed by atoms with Crippen molar-refractivity contribution in [2.24, 2.45) is 0 Å². The van der Waals surface area contributed by atoms with Crippen LogP contribution in [0.2, 0.25) is 5.02 Å². The SMILES string of the molecule is OC(c1ccc(Br)c(Cl)c1F)C1CCCCS1. The lowest BCUT2D eigenvalue weighted by molar-refractivity contribution is 0.164. The number of rotatable bonds is 2. The highest BCUT2D eigenvalue weighted by Gasteiger charge is 2.27. The Morgan fingerprint density at radius 2 is 2.24 bits per heavy atom. The summed E-state index contributed by atoms with van der Waals surface area (Å²) in [4.78, 5) is 0. The maximum Gasteiger partial charge on any atom is 0.148 e. The van der Waals surface area contributed by atoms with Gasteiger partial charge in [-0.2, -0.15) is 11.8 Å². The fourth-order valence-corrected chi connectivity index (χ4v) is 3.80. The lowest BCUT2D eigenvalue weighted by Crippen LogP contribution is -2.20. The van der Waals surface area contributed by atoms with Crippen molar-refractivity contribution in [2.45, 2.75) is 30.6 Å². The molecule has 2 unspecified atom stereocenters. The number of aliphatic hydroxyl groups excluding tert-OH is 1. The minimum Gasteiger partial charge on any atom is -0.387 e. The van der Waals surface area contributed by atoms with Gasteiger partial charge in [0.1, 0.15) is 5.82 Å². The molecule has 0 amide bonds. The third-order valence-electron chi connectivity index (χ3n) is 2.95. The highest BCUT2D eigenvalue weighted by atomic mass is 79.9. The third-order valence-corrected chi connectivity index (χ3v) is 5.66. The molecule has 1 saturated heterocycles. The van der Waals surface area contributed by atoms with Gasteiger partial charge in [0, 0.05) is 15.3 Å². The maximum absolute atomic E-state index is 13.9. The van der Waals surface area contributed by atoms with Crippen LogP contribution in [0.15, 0.2) is 16.6 Å². The molecule has 0 bridgehead atoms. The van der Waals surface area contributed by atoms with Crippen LogP contribution in [0.25, 0.3) is 0 Å². The number of benzene rings is 1. The third kappa shape index (κ3) is 2.98.